The van der Waals surface area contributed by atoms with Crippen LogP contribution in [0.4, 0.5) is 5.69 Å². The number of ether oxygens (including phenoxy) is 1. The van der Waals surface area contributed by atoms with Gasteiger partial charge in [0.05, 0.1) is 16.7 Å². The largest absolute Gasteiger partial charge is 0.484 e. The molecule has 4 aromatic rings. The van der Waals surface area contributed by atoms with E-state index in [0.717, 1.165) is 20.8 Å². The molecule has 0 saturated carbocycles. The van der Waals surface area contributed by atoms with Gasteiger partial charge >= 0.3 is 5.69 Å². The number of rotatable bonds is 6. The number of hydrogen-bond donors (Lipinski definition) is 1. The molecule has 0 unspecified atom stereocenters. The summed E-state index contributed by atoms with van der Waals surface area (Å²) in [5, 5.41) is 3.53. The van der Waals surface area contributed by atoms with Crippen LogP contribution in [0.1, 0.15) is 5.56 Å². The lowest BCUT2D eigenvalue weighted by Gasteiger charge is -2.13. The number of aryl methyl sites for hydroxylation is 3. The number of carbonyl (C=O) groups is 1. The molecule has 0 radical (unpaired) electrons. The third-order valence-corrected chi connectivity index (χ3v) is 6.40. The molecule has 0 aliphatic rings. The van der Waals surface area contributed by atoms with Gasteiger partial charge in [-0.2, -0.15) is 0 Å². The monoisotopic (exact) mass is 467 g/mol. The summed E-state index contributed by atoms with van der Waals surface area (Å²) in [6.45, 7) is 1.88. The summed E-state index contributed by atoms with van der Waals surface area (Å²) < 4.78 is 8.73. The molecule has 32 heavy (non-hydrogen) atoms. The fourth-order valence-corrected chi connectivity index (χ4v) is 4.35. The average Bonchev–Trinajstić information content (AvgIpc) is 2.98. The first-order chi connectivity index (χ1) is 15.3. The van der Waals surface area contributed by atoms with E-state index in [1.165, 1.54) is 17.3 Å². The molecular weight excluding hydrogens is 446 g/mol. The summed E-state index contributed by atoms with van der Waals surface area (Å²) in [6.07, 6.45) is 0. The third-order valence-electron chi connectivity index (χ3n) is 5.08. The number of benzene rings is 3. The summed E-state index contributed by atoms with van der Waals surface area (Å²) in [5.74, 6) is 0.255. The van der Waals surface area contributed by atoms with Gasteiger partial charge in [0.2, 0.25) is 0 Å². The van der Waals surface area contributed by atoms with Crippen molar-refractivity contribution in [1.82, 2.24) is 9.13 Å². The van der Waals surface area contributed by atoms with Crippen molar-refractivity contribution in [3.8, 4) is 5.75 Å². The Balaban J connectivity index is 1.63. The number of amides is 1. The Labute approximate surface area is 194 Å². The highest BCUT2D eigenvalue weighted by Gasteiger charge is 2.16. The number of fused-ring (bicyclic) bond motifs is 1. The standard InChI is InChI=1S/C24H22ClN3O3S/c1-15-4-10-18(11-5-15)32-22-13-21-20(27(2)24(30)28(21)3)12-19(22)26-23(29)14-31-17-8-6-16(25)7-9-17/h4-13H,14H2,1-3H3,(H,26,29). The molecule has 1 heterocycles. The third kappa shape index (κ3) is 4.69. The Kier molecular flexibility index (Phi) is 6.30. The minimum absolute atomic E-state index is 0.124. The van der Waals surface area contributed by atoms with E-state index in [2.05, 4.69) is 5.32 Å². The van der Waals surface area contributed by atoms with E-state index < -0.39 is 0 Å². The first kappa shape index (κ1) is 22.0. The highest BCUT2D eigenvalue weighted by Crippen LogP contribution is 2.36. The molecule has 1 aromatic heterocycles. The van der Waals surface area contributed by atoms with Crippen LogP contribution < -0.4 is 15.7 Å². The second-order valence-electron chi connectivity index (χ2n) is 7.44. The molecule has 0 saturated heterocycles. The zero-order chi connectivity index (χ0) is 22.8. The molecule has 1 N–H and O–H groups in total. The van der Waals surface area contributed by atoms with Crippen molar-refractivity contribution in [1.29, 1.82) is 0 Å². The average molecular weight is 468 g/mol. The molecule has 4 rings (SSSR count). The second-order valence-corrected chi connectivity index (χ2v) is 9.00. The number of halogens is 1. The predicted molar refractivity (Wildman–Crippen MR) is 129 cm³/mol. The summed E-state index contributed by atoms with van der Waals surface area (Å²) >= 11 is 7.41. The Hall–Kier alpha value is -3.16. The van der Waals surface area contributed by atoms with Crippen LogP contribution in [0.5, 0.6) is 5.75 Å². The van der Waals surface area contributed by atoms with Crippen molar-refractivity contribution in [2.75, 3.05) is 11.9 Å². The predicted octanol–water partition coefficient (Wildman–Crippen LogP) is 5.01. The van der Waals surface area contributed by atoms with E-state index in [0.29, 0.717) is 16.5 Å². The van der Waals surface area contributed by atoms with Crippen LogP contribution in [0.15, 0.2) is 75.2 Å². The van der Waals surface area contributed by atoms with E-state index in [9.17, 15) is 9.59 Å². The van der Waals surface area contributed by atoms with Crippen LogP contribution in [-0.2, 0) is 18.9 Å². The van der Waals surface area contributed by atoms with E-state index in [-0.39, 0.29) is 18.2 Å². The quantitative estimate of drug-likeness (QED) is 0.433. The van der Waals surface area contributed by atoms with Crippen molar-refractivity contribution in [2.24, 2.45) is 14.1 Å². The molecule has 0 bridgehead atoms. The van der Waals surface area contributed by atoms with E-state index in [1.54, 1.807) is 47.5 Å². The fourth-order valence-electron chi connectivity index (χ4n) is 3.31. The SMILES string of the molecule is Cc1ccc(Sc2cc3c(cc2NC(=O)COc2ccc(Cl)cc2)n(C)c(=O)n3C)cc1. The zero-order valence-electron chi connectivity index (χ0n) is 17.9. The maximum absolute atomic E-state index is 12.7. The summed E-state index contributed by atoms with van der Waals surface area (Å²) in [6, 6.07) is 18.7. The van der Waals surface area contributed by atoms with Gasteiger partial charge in [0, 0.05) is 28.9 Å². The molecule has 0 aliphatic carbocycles. The van der Waals surface area contributed by atoms with Gasteiger partial charge < -0.3 is 10.1 Å². The number of nitrogens with one attached hydrogen (secondary N) is 1. The maximum Gasteiger partial charge on any atom is 0.328 e. The molecule has 164 valence electrons. The number of anilines is 1. The van der Waals surface area contributed by atoms with Gasteiger partial charge in [0.1, 0.15) is 5.75 Å². The Morgan fingerprint density at radius 1 is 1.00 bits per heavy atom. The number of hydrogen-bond acceptors (Lipinski definition) is 4. The van der Waals surface area contributed by atoms with Crippen LogP contribution in [-0.4, -0.2) is 21.6 Å². The van der Waals surface area contributed by atoms with Crippen LogP contribution in [0.25, 0.3) is 11.0 Å². The van der Waals surface area contributed by atoms with Gasteiger partial charge in [-0.15, -0.1) is 0 Å². The molecule has 0 atom stereocenters. The Morgan fingerprint density at radius 2 is 1.62 bits per heavy atom. The molecule has 0 spiro atoms. The van der Waals surface area contributed by atoms with Crippen molar-refractivity contribution in [2.45, 2.75) is 16.7 Å². The number of aromatic nitrogens is 2. The molecule has 0 aliphatic heterocycles. The lowest BCUT2D eigenvalue weighted by atomic mass is 10.2. The van der Waals surface area contributed by atoms with Crippen LogP contribution in [0.3, 0.4) is 0 Å². The van der Waals surface area contributed by atoms with Crippen LogP contribution in [0, 0.1) is 6.92 Å². The van der Waals surface area contributed by atoms with Crippen molar-refractivity contribution in [3.05, 3.63) is 81.7 Å². The van der Waals surface area contributed by atoms with Gasteiger partial charge in [-0.3, -0.25) is 13.9 Å². The lowest BCUT2D eigenvalue weighted by Crippen LogP contribution is -2.20. The minimum atomic E-state index is -0.300. The summed E-state index contributed by atoms with van der Waals surface area (Å²) in [5.41, 5.74) is 3.19. The minimum Gasteiger partial charge on any atom is -0.484 e. The first-order valence-corrected chi connectivity index (χ1v) is 11.1. The number of nitrogens with zero attached hydrogens (tertiary/aromatic N) is 2. The Bertz CT molecular complexity index is 1340. The van der Waals surface area contributed by atoms with Crippen molar-refractivity contribution < 1.29 is 9.53 Å². The van der Waals surface area contributed by atoms with Gasteiger partial charge in [0.15, 0.2) is 6.61 Å². The van der Waals surface area contributed by atoms with Gasteiger partial charge in [0.25, 0.3) is 5.91 Å². The molecule has 6 nitrogen and oxygen atoms in total. The number of imidazole rings is 1. The summed E-state index contributed by atoms with van der Waals surface area (Å²) in [4.78, 5) is 26.9. The zero-order valence-corrected chi connectivity index (χ0v) is 19.5. The van der Waals surface area contributed by atoms with Crippen molar-refractivity contribution in [3.63, 3.8) is 0 Å². The molecule has 8 heteroatoms. The molecule has 0 fully saturated rings. The summed E-state index contributed by atoms with van der Waals surface area (Å²) in [7, 11) is 3.45. The molecule has 3 aromatic carbocycles. The molecule has 1 amide bonds. The normalized spacial score (nSPS) is 11.0. The van der Waals surface area contributed by atoms with E-state index >= 15 is 0 Å². The highest BCUT2D eigenvalue weighted by atomic mass is 35.5. The highest BCUT2D eigenvalue weighted by molar-refractivity contribution is 7.99. The van der Waals surface area contributed by atoms with E-state index in [1.807, 2.05) is 43.3 Å². The second kappa shape index (κ2) is 9.14. The number of carbonyl (C=O) groups excluding carboxylic acids is 1. The topological polar surface area (TPSA) is 65.3 Å². The van der Waals surface area contributed by atoms with Gasteiger partial charge in [-0.1, -0.05) is 41.1 Å². The van der Waals surface area contributed by atoms with Crippen LogP contribution in [0.2, 0.25) is 5.02 Å². The lowest BCUT2D eigenvalue weighted by molar-refractivity contribution is -0.118. The van der Waals surface area contributed by atoms with Crippen molar-refractivity contribution >= 4 is 46.0 Å². The smallest absolute Gasteiger partial charge is 0.328 e. The first-order valence-electron chi connectivity index (χ1n) is 9.94. The fraction of sp³-hybridized carbons (Fsp3) is 0.167. The maximum atomic E-state index is 12.7. The van der Waals surface area contributed by atoms with Gasteiger partial charge in [-0.05, 0) is 55.5 Å². The van der Waals surface area contributed by atoms with Gasteiger partial charge in [-0.25, -0.2) is 4.79 Å². The van der Waals surface area contributed by atoms with Crippen LogP contribution >= 0.6 is 23.4 Å². The molecular formula is C24H22ClN3O3S. The Morgan fingerprint density at radius 3 is 2.28 bits per heavy atom. The van der Waals surface area contributed by atoms with E-state index in [4.69, 9.17) is 16.3 Å².